The first-order valence-corrected chi connectivity index (χ1v) is 7.56. The highest BCUT2D eigenvalue weighted by molar-refractivity contribution is 7.09. The largest absolute Gasteiger partial charge is 0.494 e. The molecule has 5 heteroatoms. The van der Waals surface area contributed by atoms with E-state index in [1.54, 1.807) is 23.5 Å². The first kappa shape index (κ1) is 14.9. The van der Waals surface area contributed by atoms with Gasteiger partial charge in [0.2, 0.25) is 0 Å². The summed E-state index contributed by atoms with van der Waals surface area (Å²) in [4.78, 5) is 5.28. The summed E-state index contributed by atoms with van der Waals surface area (Å²) in [5.74, 6) is -0.0432. The molecule has 1 N–H and O–H groups in total. The zero-order valence-electron chi connectivity index (χ0n) is 11.7. The number of nitrogens with one attached hydrogen (secondary N) is 1. The van der Waals surface area contributed by atoms with Crippen molar-refractivity contribution in [3.05, 3.63) is 46.2 Å². The summed E-state index contributed by atoms with van der Waals surface area (Å²) in [5, 5.41) is 3.46. The normalized spacial score (nSPS) is 12.3. The van der Waals surface area contributed by atoms with Crippen LogP contribution in [-0.2, 0) is 6.42 Å². The van der Waals surface area contributed by atoms with Gasteiger partial charge in [-0.05, 0) is 30.7 Å². The Hall–Kier alpha value is -1.46. The summed E-state index contributed by atoms with van der Waals surface area (Å²) in [6.45, 7) is 3.02. The van der Waals surface area contributed by atoms with Crippen LogP contribution in [0.5, 0.6) is 5.75 Å². The molecule has 108 valence electrons. The van der Waals surface area contributed by atoms with Crippen molar-refractivity contribution in [1.29, 1.82) is 0 Å². The first-order valence-electron chi connectivity index (χ1n) is 6.68. The van der Waals surface area contributed by atoms with E-state index in [1.165, 1.54) is 12.0 Å². The number of nitrogens with zero attached hydrogens (tertiary/aromatic N) is 1. The van der Waals surface area contributed by atoms with E-state index < -0.39 is 0 Å². The topological polar surface area (TPSA) is 34.2 Å². The molecule has 1 unspecified atom stereocenters. The van der Waals surface area contributed by atoms with Crippen LogP contribution in [0.4, 0.5) is 4.39 Å². The third-order valence-electron chi connectivity index (χ3n) is 3.11. The molecule has 0 fully saturated rings. The zero-order valence-corrected chi connectivity index (χ0v) is 12.5. The molecule has 0 saturated carbocycles. The molecule has 0 bridgehead atoms. The minimum absolute atomic E-state index is 0.0933. The van der Waals surface area contributed by atoms with Crippen LogP contribution >= 0.6 is 11.3 Å². The summed E-state index contributed by atoms with van der Waals surface area (Å²) < 4.78 is 18.8. The van der Waals surface area contributed by atoms with E-state index in [1.807, 2.05) is 17.8 Å². The average Bonchev–Trinajstić information content (AvgIpc) is 2.96. The fourth-order valence-electron chi connectivity index (χ4n) is 2.07. The highest BCUT2D eigenvalue weighted by Crippen LogP contribution is 2.25. The minimum Gasteiger partial charge on any atom is -0.494 e. The lowest BCUT2D eigenvalue weighted by atomic mass is 10.0. The lowest BCUT2D eigenvalue weighted by Crippen LogP contribution is -2.24. The maximum atomic E-state index is 13.8. The lowest BCUT2D eigenvalue weighted by Gasteiger charge is -2.19. The van der Waals surface area contributed by atoms with Crippen LogP contribution in [0.15, 0.2) is 29.9 Å². The van der Waals surface area contributed by atoms with E-state index in [4.69, 9.17) is 4.74 Å². The summed E-state index contributed by atoms with van der Waals surface area (Å²) in [7, 11) is 1.47. The Balaban J connectivity index is 2.18. The fourth-order valence-corrected chi connectivity index (χ4v) is 2.71. The van der Waals surface area contributed by atoms with Crippen molar-refractivity contribution in [3.63, 3.8) is 0 Å². The Morgan fingerprint density at radius 1 is 1.45 bits per heavy atom. The van der Waals surface area contributed by atoms with Crippen molar-refractivity contribution < 1.29 is 9.13 Å². The highest BCUT2D eigenvalue weighted by Gasteiger charge is 2.15. The van der Waals surface area contributed by atoms with E-state index in [-0.39, 0.29) is 17.6 Å². The van der Waals surface area contributed by atoms with Crippen LogP contribution in [0.1, 0.15) is 29.8 Å². The molecular formula is C15H19FN2OS. The smallest absolute Gasteiger partial charge is 0.165 e. The van der Waals surface area contributed by atoms with Crippen molar-refractivity contribution in [3.8, 4) is 5.75 Å². The van der Waals surface area contributed by atoms with Crippen LogP contribution in [0.2, 0.25) is 0 Å². The highest BCUT2D eigenvalue weighted by atomic mass is 32.1. The Kier molecular flexibility index (Phi) is 5.49. The third-order valence-corrected chi connectivity index (χ3v) is 3.91. The van der Waals surface area contributed by atoms with Gasteiger partial charge in [-0.1, -0.05) is 13.0 Å². The quantitative estimate of drug-likeness (QED) is 0.847. The second-order valence-electron chi connectivity index (χ2n) is 4.57. The molecule has 3 nitrogen and oxygen atoms in total. The van der Waals surface area contributed by atoms with Gasteiger partial charge in [0.05, 0.1) is 12.6 Å². The van der Waals surface area contributed by atoms with Crippen LogP contribution < -0.4 is 10.1 Å². The van der Waals surface area contributed by atoms with Crippen molar-refractivity contribution in [2.75, 3.05) is 13.7 Å². The minimum atomic E-state index is -0.322. The standard InChI is InChI=1S/C15H19FN2OS/c1-3-6-18-14(8-12-9-17-10-20-12)11-4-5-15(19-2)13(16)7-11/h4-5,7,9-10,14,18H,3,6,8H2,1-2H3. The van der Waals surface area contributed by atoms with Gasteiger partial charge < -0.3 is 10.1 Å². The maximum Gasteiger partial charge on any atom is 0.165 e. The summed E-state index contributed by atoms with van der Waals surface area (Å²) in [5.41, 5.74) is 2.76. The van der Waals surface area contributed by atoms with Crippen LogP contribution in [-0.4, -0.2) is 18.6 Å². The molecule has 2 rings (SSSR count). The Labute approximate surface area is 122 Å². The van der Waals surface area contributed by atoms with Gasteiger partial charge in [0, 0.05) is 23.5 Å². The number of hydrogen-bond acceptors (Lipinski definition) is 4. The predicted octanol–water partition coefficient (Wildman–Crippen LogP) is 3.57. The molecular weight excluding hydrogens is 275 g/mol. The molecule has 0 aliphatic rings. The molecule has 1 heterocycles. The molecule has 0 aliphatic heterocycles. The Morgan fingerprint density at radius 3 is 2.90 bits per heavy atom. The number of halogens is 1. The SMILES string of the molecule is CCCNC(Cc1cncs1)c1ccc(OC)c(F)c1. The second-order valence-corrected chi connectivity index (χ2v) is 5.54. The third kappa shape index (κ3) is 3.77. The molecule has 1 atom stereocenters. The summed E-state index contributed by atoms with van der Waals surface area (Å²) >= 11 is 1.62. The van der Waals surface area contributed by atoms with Crippen molar-refractivity contribution >= 4 is 11.3 Å². The van der Waals surface area contributed by atoms with Crippen molar-refractivity contribution in [2.45, 2.75) is 25.8 Å². The Morgan fingerprint density at radius 2 is 2.30 bits per heavy atom. The van der Waals surface area contributed by atoms with Gasteiger partial charge in [-0.15, -0.1) is 11.3 Å². The molecule has 0 radical (unpaired) electrons. The Bertz CT molecular complexity index is 531. The molecule has 2 aromatic rings. The van der Waals surface area contributed by atoms with Gasteiger partial charge in [-0.2, -0.15) is 0 Å². The summed E-state index contributed by atoms with van der Waals surface area (Å²) in [6, 6.07) is 5.23. The van der Waals surface area contributed by atoms with Gasteiger partial charge in [0.1, 0.15) is 0 Å². The number of methoxy groups -OCH3 is 1. The molecule has 0 aliphatic carbocycles. The van der Waals surface area contributed by atoms with E-state index >= 15 is 0 Å². The molecule has 0 spiro atoms. The van der Waals surface area contributed by atoms with Gasteiger partial charge in [-0.3, -0.25) is 4.98 Å². The van der Waals surface area contributed by atoms with Crippen LogP contribution in [0.3, 0.4) is 0 Å². The average molecular weight is 294 g/mol. The van der Waals surface area contributed by atoms with E-state index in [2.05, 4.69) is 17.2 Å². The van der Waals surface area contributed by atoms with Crippen molar-refractivity contribution in [1.82, 2.24) is 10.3 Å². The number of hydrogen-bond donors (Lipinski definition) is 1. The van der Waals surface area contributed by atoms with Crippen LogP contribution in [0.25, 0.3) is 0 Å². The molecule has 1 aromatic carbocycles. The maximum absolute atomic E-state index is 13.8. The van der Waals surface area contributed by atoms with E-state index in [0.29, 0.717) is 0 Å². The monoisotopic (exact) mass is 294 g/mol. The second kappa shape index (κ2) is 7.36. The molecule has 0 amide bonds. The van der Waals surface area contributed by atoms with Crippen molar-refractivity contribution in [2.24, 2.45) is 0 Å². The van der Waals surface area contributed by atoms with Gasteiger partial charge >= 0.3 is 0 Å². The van der Waals surface area contributed by atoms with Gasteiger partial charge in [0.15, 0.2) is 11.6 Å². The van der Waals surface area contributed by atoms with Crippen LogP contribution in [0, 0.1) is 5.82 Å². The number of rotatable bonds is 7. The summed E-state index contributed by atoms with van der Waals surface area (Å²) in [6.07, 6.45) is 3.72. The predicted molar refractivity (Wildman–Crippen MR) is 79.8 cm³/mol. The number of aromatic nitrogens is 1. The fraction of sp³-hybridized carbons (Fsp3) is 0.400. The molecule has 1 aromatic heterocycles. The van der Waals surface area contributed by atoms with Gasteiger partial charge in [-0.25, -0.2) is 4.39 Å². The van der Waals surface area contributed by atoms with E-state index in [9.17, 15) is 4.39 Å². The molecule has 20 heavy (non-hydrogen) atoms. The zero-order chi connectivity index (χ0) is 14.4. The van der Waals surface area contributed by atoms with Gasteiger partial charge in [0.25, 0.3) is 0 Å². The number of benzene rings is 1. The van der Waals surface area contributed by atoms with E-state index in [0.717, 1.165) is 24.9 Å². The molecule has 0 saturated heterocycles. The first-order chi connectivity index (χ1) is 9.74. The number of thiazole rings is 1. The lowest BCUT2D eigenvalue weighted by molar-refractivity contribution is 0.385. The number of ether oxygens (including phenoxy) is 1.